The number of rotatable bonds is 14. The lowest BCUT2D eigenvalue weighted by molar-refractivity contribution is -0.149. The van der Waals surface area contributed by atoms with E-state index in [4.69, 9.17) is 18.9 Å². The number of ether oxygens (including phenoxy) is 4. The highest BCUT2D eigenvalue weighted by molar-refractivity contribution is 5.75. The van der Waals surface area contributed by atoms with E-state index >= 15 is 0 Å². The van der Waals surface area contributed by atoms with Gasteiger partial charge < -0.3 is 24.1 Å². The minimum Gasteiger partial charge on any atom is -0.507 e. The van der Waals surface area contributed by atoms with Crippen LogP contribution in [-0.2, 0) is 35.2 Å². The number of hydrogen-bond acceptors (Lipinski definition) is 6. The molecule has 0 amide bonds. The second-order valence-electron chi connectivity index (χ2n) is 9.36. The normalized spacial score (nSPS) is 14.6. The van der Waals surface area contributed by atoms with Crippen molar-refractivity contribution in [2.24, 2.45) is 0 Å². The van der Waals surface area contributed by atoms with Crippen LogP contribution in [0, 0.1) is 0 Å². The molecule has 6 nitrogen and oxygen atoms in total. The Balaban J connectivity index is 1.50. The zero-order valence-electron chi connectivity index (χ0n) is 22.4. The largest absolute Gasteiger partial charge is 0.507 e. The van der Waals surface area contributed by atoms with Crippen LogP contribution in [0.15, 0.2) is 24.3 Å². The third-order valence-corrected chi connectivity index (χ3v) is 6.71. The van der Waals surface area contributed by atoms with E-state index < -0.39 is 6.10 Å². The van der Waals surface area contributed by atoms with E-state index in [2.05, 4.69) is 26.8 Å². The van der Waals surface area contributed by atoms with Crippen LogP contribution < -0.4 is 14.2 Å². The maximum atomic E-state index is 12.0. The summed E-state index contributed by atoms with van der Waals surface area (Å²) in [7, 11) is 1.40. The van der Waals surface area contributed by atoms with Crippen molar-refractivity contribution in [1.82, 2.24) is 0 Å². The quantitative estimate of drug-likeness (QED) is 0.241. The number of aryl methyl sites for hydroxylation is 2. The van der Waals surface area contributed by atoms with Gasteiger partial charge in [0.25, 0.3) is 0 Å². The van der Waals surface area contributed by atoms with Gasteiger partial charge in [-0.25, -0.2) is 4.79 Å². The summed E-state index contributed by atoms with van der Waals surface area (Å²) < 4.78 is 23.2. The second kappa shape index (κ2) is 14.0. The van der Waals surface area contributed by atoms with Crippen LogP contribution >= 0.6 is 0 Å². The fourth-order valence-corrected chi connectivity index (χ4v) is 4.73. The van der Waals surface area contributed by atoms with Gasteiger partial charge in [-0.05, 0) is 74.6 Å². The highest BCUT2D eigenvalue weighted by Crippen LogP contribution is 2.38. The molecule has 0 aliphatic carbocycles. The molecule has 1 N–H and O–H groups in total. The van der Waals surface area contributed by atoms with Crippen LogP contribution in [0.2, 0.25) is 0 Å². The summed E-state index contributed by atoms with van der Waals surface area (Å²) in [6, 6.07) is 8.04. The molecular weight excluding hydrogens is 456 g/mol. The Morgan fingerprint density at radius 1 is 0.944 bits per heavy atom. The third-order valence-electron chi connectivity index (χ3n) is 6.71. The molecule has 1 unspecified atom stereocenters. The number of carbonyl (C=O) groups is 1. The number of aromatic hydroxyl groups is 1. The maximum Gasteiger partial charge on any atom is 0.347 e. The van der Waals surface area contributed by atoms with E-state index in [0.29, 0.717) is 25.4 Å². The predicted octanol–water partition coefficient (Wildman–Crippen LogP) is 6.35. The van der Waals surface area contributed by atoms with Crippen molar-refractivity contribution in [3.8, 4) is 23.0 Å². The first-order valence-corrected chi connectivity index (χ1v) is 13.5. The summed E-state index contributed by atoms with van der Waals surface area (Å²) >= 11 is 0. The number of carbonyl (C=O) groups excluding carboxylic acids is 1. The lowest BCUT2D eigenvalue weighted by atomic mass is 9.96. The van der Waals surface area contributed by atoms with Gasteiger partial charge in [-0.1, -0.05) is 45.7 Å². The van der Waals surface area contributed by atoms with E-state index in [9.17, 15) is 9.90 Å². The van der Waals surface area contributed by atoms with Crippen LogP contribution in [0.1, 0.15) is 81.5 Å². The van der Waals surface area contributed by atoms with Crippen LogP contribution in [0.5, 0.6) is 23.0 Å². The van der Waals surface area contributed by atoms with Gasteiger partial charge >= 0.3 is 5.97 Å². The molecular formula is C30H42O6. The molecule has 1 aliphatic heterocycles. The third kappa shape index (κ3) is 6.86. The Labute approximate surface area is 215 Å². The van der Waals surface area contributed by atoms with Gasteiger partial charge in [0.05, 0.1) is 20.3 Å². The molecule has 1 atom stereocenters. The Morgan fingerprint density at radius 2 is 1.58 bits per heavy atom. The first-order valence-electron chi connectivity index (χ1n) is 13.5. The molecule has 0 spiro atoms. The summed E-state index contributed by atoms with van der Waals surface area (Å²) in [4.78, 5) is 12.0. The van der Waals surface area contributed by atoms with Crippen molar-refractivity contribution in [2.75, 3.05) is 20.3 Å². The van der Waals surface area contributed by atoms with Crippen molar-refractivity contribution in [3.05, 3.63) is 46.5 Å². The smallest absolute Gasteiger partial charge is 0.347 e. The Hall–Kier alpha value is -2.89. The average molecular weight is 499 g/mol. The van der Waals surface area contributed by atoms with Gasteiger partial charge in [-0.2, -0.15) is 0 Å². The number of phenolic OH excluding ortho intramolecular Hbond substituents is 1. The standard InChI is InChI=1S/C30H42O6/c1-5-11-23-25(16-13-21(7-3)28(23)31)34-19-9-8-10-20-35-26-17-14-22-15-18-27(30(32)33-4)36-29(22)24(26)12-6-2/h13-14,16-17,27,31H,5-12,15,18-20H2,1-4H3. The van der Waals surface area contributed by atoms with Crippen molar-refractivity contribution in [2.45, 2.75) is 91.1 Å². The van der Waals surface area contributed by atoms with Gasteiger partial charge in [-0.3, -0.25) is 0 Å². The number of fused-ring (bicyclic) bond motifs is 1. The number of esters is 1. The fourth-order valence-electron chi connectivity index (χ4n) is 4.73. The van der Waals surface area contributed by atoms with Crippen molar-refractivity contribution < 1.29 is 28.8 Å². The molecule has 0 radical (unpaired) electrons. The van der Waals surface area contributed by atoms with Gasteiger partial charge in [0, 0.05) is 11.1 Å². The number of phenols is 1. The van der Waals surface area contributed by atoms with Crippen LogP contribution in [0.3, 0.4) is 0 Å². The zero-order chi connectivity index (χ0) is 25.9. The monoisotopic (exact) mass is 498 g/mol. The van der Waals surface area contributed by atoms with Gasteiger partial charge in [0.15, 0.2) is 6.10 Å². The molecule has 0 bridgehead atoms. The molecule has 2 aromatic carbocycles. The van der Waals surface area contributed by atoms with Crippen LogP contribution in [0.25, 0.3) is 0 Å². The zero-order valence-corrected chi connectivity index (χ0v) is 22.4. The maximum absolute atomic E-state index is 12.0. The average Bonchev–Trinajstić information content (AvgIpc) is 2.90. The number of benzene rings is 2. The Kier molecular flexibility index (Phi) is 10.8. The molecule has 36 heavy (non-hydrogen) atoms. The molecule has 6 heteroatoms. The highest BCUT2D eigenvalue weighted by atomic mass is 16.6. The molecule has 0 fully saturated rings. The van der Waals surface area contributed by atoms with Crippen LogP contribution in [-0.4, -0.2) is 37.5 Å². The topological polar surface area (TPSA) is 74.2 Å². The molecule has 198 valence electrons. The summed E-state index contributed by atoms with van der Waals surface area (Å²) in [5.41, 5.74) is 4.07. The fraction of sp³-hybridized carbons (Fsp3) is 0.567. The summed E-state index contributed by atoms with van der Waals surface area (Å²) in [6.45, 7) is 7.52. The number of hydrogen-bond donors (Lipinski definition) is 1. The Morgan fingerprint density at radius 3 is 2.22 bits per heavy atom. The molecule has 2 aromatic rings. The highest BCUT2D eigenvalue weighted by Gasteiger charge is 2.29. The molecule has 0 saturated carbocycles. The van der Waals surface area contributed by atoms with Gasteiger partial charge in [0.1, 0.15) is 23.0 Å². The molecule has 1 heterocycles. The molecule has 0 saturated heterocycles. The Bertz CT molecular complexity index is 999. The minimum absolute atomic E-state index is 0.324. The molecule has 3 rings (SSSR count). The van der Waals surface area contributed by atoms with E-state index in [-0.39, 0.29) is 5.97 Å². The van der Waals surface area contributed by atoms with Gasteiger partial charge in [-0.15, -0.1) is 0 Å². The summed E-state index contributed by atoms with van der Waals surface area (Å²) in [5.74, 6) is 2.50. The number of methoxy groups -OCH3 is 1. The van der Waals surface area contributed by atoms with E-state index in [1.165, 1.54) is 7.11 Å². The van der Waals surface area contributed by atoms with Crippen LogP contribution in [0.4, 0.5) is 0 Å². The summed E-state index contributed by atoms with van der Waals surface area (Å²) in [6.07, 6.45) is 8.09. The first kappa shape index (κ1) is 27.7. The molecule has 0 aromatic heterocycles. The first-order chi connectivity index (χ1) is 17.5. The number of unbranched alkanes of at least 4 members (excludes halogenated alkanes) is 2. The summed E-state index contributed by atoms with van der Waals surface area (Å²) in [5, 5.41) is 10.5. The lowest BCUT2D eigenvalue weighted by Gasteiger charge is -2.27. The van der Waals surface area contributed by atoms with Crippen molar-refractivity contribution in [3.63, 3.8) is 0 Å². The van der Waals surface area contributed by atoms with E-state index in [0.717, 1.165) is 97.3 Å². The molecule has 1 aliphatic rings. The van der Waals surface area contributed by atoms with E-state index in [1.807, 2.05) is 18.2 Å². The lowest BCUT2D eigenvalue weighted by Crippen LogP contribution is -2.32. The second-order valence-corrected chi connectivity index (χ2v) is 9.36. The van der Waals surface area contributed by atoms with E-state index in [1.54, 1.807) is 0 Å². The van der Waals surface area contributed by atoms with Crippen molar-refractivity contribution in [1.29, 1.82) is 0 Å². The minimum atomic E-state index is -0.550. The SMILES string of the molecule is CCCc1c(OCCCCCOc2ccc3c(c2CCC)OC(C(=O)OC)CC3)ccc(CC)c1O. The van der Waals surface area contributed by atoms with Crippen molar-refractivity contribution >= 4 is 5.97 Å². The predicted molar refractivity (Wildman–Crippen MR) is 142 cm³/mol. The van der Waals surface area contributed by atoms with Gasteiger partial charge in [0.2, 0.25) is 0 Å².